The lowest BCUT2D eigenvalue weighted by atomic mass is 10.1. The van der Waals surface area contributed by atoms with E-state index in [1.54, 1.807) is 0 Å². The number of rotatable bonds is 11. The maximum absolute atomic E-state index is 11.5. The van der Waals surface area contributed by atoms with Gasteiger partial charge in [-0.15, -0.1) is 0 Å². The molecule has 0 N–H and O–H groups in total. The summed E-state index contributed by atoms with van der Waals surface area (Å²) >= 11 is 0. The van der Waals surface area contributed by atoms with E-state index < -0.39 is 0 Å². The van der Waals surface area contributed by atoms with E-state index in [9.17, 15) is 4.79 Å². The molecule has 0 rings (SSSR count). The molecule has 0 aromatic carbocycles. The van der Waals surface area contributed by atoms with Crippen molar-refractivity contribution in [3.05, 3.63) is 11.6 Å². The highest BCUT2D eigenvalue weighted by Gasteiger charge is 2.06. The Morgan fingerprint density at radius 1 is 0.944 bits per heavy atom. The molecule has 0 aliphatic carbocycles. The zero-order valence-electron chi connectivity index (χ0n) is 12.5. The molecule has 0 atom stereocenters. The van der Waals surface area contributed by atoms with Gasteiger partial charge in [-0.1, -0.05) is 64.9 Å². The van der Waals surface area contributed by atoms with E-state index in [0.717, 1.165) is 18.4 Å². The first-order valence-corrected chi connectivity index (χ1v) is 7.58. The minimum atomic E-state index is -0.136. The van der Waals surface area contributed by atoms with Crippen LogP contribution < -0.4 is 0 Å². The summed E-state index contributed by atoms with van der Waals surface area (Å²) in [6.45, 7) is 6.68. The van der Waals surface area contributed by atoms with Crippen LogP contribution in [0.25, 0.3) is 0 Å². The molecule has 0 aromatic rings. The summed E-state index contributed by atoms with van der Waals surface area (Å²) in [5, 5.41) is 0. The smallest absolute Gasteiger partial charge is 0.333 e. The van der Waals surface area contributed by atoms with E-state index in [1.807, 2.05) is 19.9 Å². The average molecular weight is 254 g/mol. The third-order valence-electron chi connectivity index (χ3n) is 3.22. The minimum absolute atomic E-state index is 0.136. The summed E-state index contributed by atoms with van der Waals surface area (Å²) < 4.78 is 5.22. The molecule has 0 bridgehead atoms. The number of esters is 1. The lowest BCUT2D eigenvalue weighted by Crippen LogP contribution is -2.08. The van der Waals surface area contributed by atoms with Crippen molar-refractivity contribution >= 4 is 5.97 Å². The zero-order valence-corrected chi connectivity index (χ0v) is 12.5. The molecule has 0 saturated carbocycles. The van der Waals surface area contributed by atoms with Crippen molar-refractivity contribution in [2.75, 3.05) is 6.61 Å². The molecular weight excluding hydrogens is 224 g/mol. The monoisotopic (exact) mass is 254 g/mol. The van der Waals surface area contributed by atoms with Gasteiger partial charge < -0.3 is 4.74 Å². The van der Waals surface area contributed by atoms with E-state index >= 15 is 0 Å². The van der Waals surface area contributed by atoms with Gasteiger partial charge in [-0.2, -0.15) is 0 Å². The van der Waals surface area contributed by atoms with Crippen LogP contribution in [0, 0.1) is 0 Å². The number of unbranched alkanes of at least 4 members (excludes halogenated alkanes) is 7. The first-order valence-electron chi connectivity index (χ1n) is 7.58. The summed E-state index contributed by atoms with van der Waals surface area (Å²) in [5.74, 6) is -0.136. The Hall–Kier alpha value is -0.790. The van der Waals surface area contributed by atoms with Crippen molar-refractivity contribution in [2.24, 2.45) is 0 Å². The molecule has 0 saturated heterocycles. The number of carbonyl (C=O) groups is 1. The molecule has 0 amide bonds. The zero-order chi connectivity index (χ0) is 13.6. The fourth-order valence-corrected chi connectivity index (χ4v) is 1.96. The first-order chi connectivity index (χ1) is 8.76. The van der Waals surface area contributed by atoms with Crippen LogP contribution in [0.3, 0.4) is 0 Å². The summed E-state index contributed by atoms with van der Waals surface area (Å²) in [5.41, 5.74) is 0.787. The minimum Gasteiger partial charge on any atom is -0.462 e. The summed E-state index contributed by atoms with van der Waals surface area (Å²) in [6, 6.07) is 0. The second kappa shape index (κ2) is 12.7. The fourth-order valence-electron chi connectivity index (χ4n) is 1.96. The lowest BCUT2D eigenvalue weighted by Gasteiger charge is -2.06. The maximum Gasteiger partial charge on any atom is 0.333 e. The van der Waals surface area contributed by atoms with Crippen molar-refractivity contribution in [2.45, 2.75) is 78.6 Å². The van der Waals surface area contributed by atoms with Crippen molar-refractivity contribution in [1.82, 2.24) is 0 Å². The second-order valence-electron chi connectivity index (χ2n) is 4.78. The largest absolute Gasteiger partial charge is 0.462 e. The third-order valence-corrected chi connectivity index (χ3v) is 3.22. The molecule has 0 unspecified atom stereocenters. The SMILES string of the molecule is C/C=C(\CC)C(=O)OCCCCCCCCCC. The van der Waals surface area contributed by atoms with E-state index in [1.165, 1.54) is 44.9 Å². The van der Waals surface area contributed by atoms with Gasteiger partial charge in [0.25, 0.3) is 0 Å². The van der Waals surface area contributed by atoms with Gasteiger partial charge in [0, 0.05) is 5.57 Å². The van der Waals surface area contributed by atoms with Crippen LogP contribution in [0.2, 0.25) is 0 Å². The van der Waals surface area contributed by atoms with Crippen molar-refractivity contribution < 1.29 is 9.53 Å². The highest BCUT2D eigenvalue weighted by Crippen LogP contribution is 2.09. The second-order valence-corrected chi connectivity index (χ2v) is 4.78. The normalized spacial score (nSPS) is 11.6. The van der Waals surface area contributed by atoms with Gasteiger partial charge in [0.1, 0.15) is 0 Å². The van der Waals surface area contributed by atoms with Gasteiger partial charge in [-0.3, -0.25) is 0 Å². The third kappa shape index (κ3) is 9.26. The highest BCUT2D eigenvalue weighted by molar-refractivity contribution is 5.88. The van der Waals surface area contributed by atoms with Gasteiger partial charge in [-0.25, -0.2) is 4.79 Å². The summed E-state index contributed by atoms with van der Waals surface area (Å²) in [4.78, 5) is 11.5. The van der Waals surface area contributed by atoms with Gasteiger partial charge in [-0.05, 0) is 19.8 Å². The Labute approximate surface area is 113 Å². The Kier molecular flexibility index (Phi) is 12.1. The molecule has 2 nitrogen and oxygen atoms in total. The predicted molar refractivity (Wildman–Crippen MR) is 77.6 cm³/mol. The maximum atomic E-state index is 11.5. The topological polar surface area (TPSA) is 26.3 Å². The van der Waals surface area contributed by atoms with Crippen LogP contribution in [-0.2, 0) is 9.53 Å². The predicted octanol–water partition coefficient (Wildman–Crippen LogP) is 5.03. The van der Waals surface area contributed by atoms with Crippen LogP contribution in [0.1, 0.15) is 78.6 Å². The van der Waals surface area contributed by atoms with Crippen molar-refractivity contribution in [1.29, 1.82) is 0 Å². The van der Waals surface area contributed by atoms with E-state index in [0.29, 0.717) is 6.61 Å². The van der Waals surface area contributed by atoms with Gasteiger partial charge in [0.15, 0.2) is 0 Å². The van der Waals surface area contributed by atoms with Gasteiger partial charge >= 0.3 is 5.97 Å². The van der Waals surface area contributed by atoms with Crippen molar-refractivity contribution in [3.8, 4) is 0 Å². The van der Waals surface area contributed by atoms with Gasteiger partial charge in [0.05, 0.1) is 6.61 Å². The quantitative estimate of drug-likeness (QED) is 0.294. The van der Waals surface area contributed by atoms with Crippen LogP contribution in [-0.4, -0.2) is 12.6 Å². The number of hydrogen-bond donors (Lipinski definition) is 0. The average Bonchev–Trinajstić information content (AvgIpc) is 2.38. The molecule has 18 heavy (non-hydrogen) atoms. The number of hydrogen-bond acceptors (Lipinski definition) is 2. The Bertz CT molecular complexity index is 231. The molecule has 0 aliphatic heterocycles. The first kappa shape index (κ1) is 17.2. The Morgan fingerprint density at radius 3 is 2.00 bits per heavy atom. The molecule has 0 radical (unpaired) electrons. The molecular formula is C16H30O2. The van der Waals surface area contributed by atoms with E-state index in [2.05, 4.69) is 6.92 Å². The van der Waals surface area contributed by atoms with Crippen LogP contribution in [0.5, 0.6) is 0 Å². The fraction of sp³-hybridized carbons (Fsp3) is 0.812. The number of ether oxygens (including phenoxy) is 1. The molecule has 0 aromatic heterocycles. The highest BCUT2D eigenvalue weighted by atomic mass is 16.5. The Morgan fingerprint density at radius 2 is 1.50 bits per heavy atom. The summed E-state index contributed by atoms with van der Waals surface area (Å²) in [6.07, 6.45) is 12.8. The van der Waals surface area contributed by atoms with E-state index in [4.69, 9.17) is 4.74 Å². The Balaban J connectivity index is 3.33. The standard InChI is InChI=1S/C16H30O2/c1-4-7-8-9-10-11-12-13-14-18-16(17)15(5-2)6-3/h5H,4,6-14H2,1-3H3/b15-5+. The molecule has 0 fully saturated rings. The number of carbonyl (C=O) groups excluding carboxylic acids is 1. The molecule has 2 heteroatoms. The van der Waals surface area contributed by atoms with Crippen LogP contribution in [0.4, 0.5) is 0 Å². The molecule has 106 valence electrons. The van der Waals surface area contributed by atoms with Gasteiger partial charge in [0.2, 0.25) is 0 Å². The number of allylic oxidation sites excluding steroid dienone is 1. The molecule has 0 aliphatic rings. The van der Waals surface area contributed by atoms with Crippen molar-refractivity contribution in [3.63, 3.8) is 0 Å². The summed E-state index contributed by atoms with van der Waals surface area (Å²) in [7, 11) is 0. The molecule has 0 heterocycles. The van der Waals surface area contributed by atoms with Crippen LogP contribution in [0.15, 0.2) is 11.6 Å². The lowest BCUT2D eigenvalue weighted by molar-refractivity contribution is -0.139. The van der Waals surface area contributed by atoms with Crippen LogP contribution >= 0.6 is 0 Å². The molecule has 0 spiro atoms. The van der Waals surface area contributed by atoms with E-state index in [-0.39, 0.29) is 5.97 Å².